The van der Waals surface area contributed by atoms with Gasteiger partial charge in [-0.1, -0.05) is 18.2 Å². The van der Waals surface area contributed by atoms with E-state index in [1.807, 2.05) is 52.1 Å². The summed E-state index contributed by atoms with van der Waals surface area (Å²) in [5, 5.41) is 5.18. The van der Waals surface area contributed by atoms with E-state index >= 15 is 0 Å². The SMILES string of the molecule is CCOC(=O)c1c(COC(=O)/C=C/c2c(C)nn(C)c2C)nc2ccccc2c1C. The molecule has 3 rings (SSSR count). The zero-order chi connectivity index (χ0) is 21.8. The standard InChI is InChI=1S/C23H25N3O4/c1-6-29-23(28)22-14(2)17-9-7-8-10-19(17)24-20(22)13-30-21(27)12-11-18-15(3)25-26(5)16(18)4/h7-12H,6,13H2,1-5H3/b12-11+. The quantitative estimate of drug-likeness (QED) is 0.456. The molecule has 0 atom stereocenters. The molecule has 7 nitrogen and oxygen atoms in total. The second-order valence-corrected chi connectivity index (χ2v) is 6.95. The molecule has 0 fully saturated rings. The van der Waals surface area contributed by atoms with Crippen molar-refractivity contribution in [3.8, 4) is 0 Å². The fraction of sp³-hybridized carbons (Fsp3) is 0.304. The van der Waals surface area contributed by atoms with Gasteiger partial charge in [0.1, 0.15) is 6.61 Å². The summed E-state index contributed by atoms with van der Waals surface area (Å²) in [7, 11) is 1.85. The summed E-state index contributed by atoms with van der Waals surface area (Å²) in [5.41, 5.74) is 4.85. The number of hydrogen-bond acceptors (Lipinski definition) is 6. The van der Waals surface area contributed by atoms with Gasteiger partial charge in [-0.3, -0.25) is 4.68 Å². The monoisotopic (exact) mass is 407 g/mol. The van der Waals surface area contributed by atoms with Crippen LogP contribution in [0.15, 0.2) is 30.3 Å². The van der Waals surface area contributed by atoms with Gasteiger partial charge < -0.3 is 9.47 Å². The Balaban J connectivity index is 1.85. The van der Waals surface area contributed by atoms with Crippen LogP contribution in [0.3, 0.4) is 0 Å². The van der Waals surface area contributed by atoms with Crippen LogP contribution in [0.1, 0.15) is 45.5 Å². The van der Waals surface area contributed by atoms with Gasteiger partial charge in [-0.25, -0.2) is 14.6 Å². The van der Waals surface area contributed by atoms with Gasteiger partial charge in [0.25, 0.3) is 0 Å². The van der Waals surface area contributed by atoms with Crippen molar-refractivity contribution in [3.63, 3.8) is 0 Å². The molecule has 7 heteroatoms. The molecule has 30 heavy (non-hydrogen) atoms. The number of carbonyl (C=O) groups excluding carboxylic acids is 2. The third-order valence-electron chi connectivity index (χ3n) is 5.01. The average molecular weight is 407 g/mol. The van der Waals surface area contributed by atoms with E-state index in [1.165, 1.54) is 6.08 Å². The van der Waals surface area contributed by atoms with Gasteiger partial charge in [-0.2, -0.15) is 5.10 Å². The Morgan fingerprint density at radius 1 is 1.13 bits per heavy atom. The van der Waals surface area contributed by atoms with Gasteiger partial charge in [-0.15, -0.1) is 0 Å². The van der Waals surface area contributed by atoms with Crippen LogP contribution < -0.4 is 0 Å². The molecule has 0 N–H and O–H groups in total. The lowest BCUT2D eigenvalue weighted by Gasteiger charge is -2.13. The third-order valence-corrected chi connectivity index (χ3v) is 5.01. The van der Waals surface area contributed by atoms with E-state index in [4.69, 9.17) is 9.47 Å². The van der Waals surface area contributed by atoms with Gasteiger partial charge in [0, 0.05) is 29.8 Å². The molecule has 0 saturated carbocycles. The van der Waals surface area contributed by atoms with Gasteiger partial charge in [0.15, 0.2) is 0 Å². The predicted molar refractivity (Wildman–Crippen MR) is 114 cm³/mol. The predicted octanol–water partition coefficient (Wildman–Crippen LogP) is 3.83. The smallest absolute Gasteiger partial charge is 0.340 e. The molecule has 0 radical (unpaired) electrons. The molecule has 2 heterocycles. The number of fused-ring (bicyclic) bond motifs is 1. The molecule has 0 spiro atoms. The maximum Gasteiger partial charge on any atom is 0.340 e. The summed E-state index contributed by atoms with van der Waals surface area (Å²) < 4.78 is 12.3. The number of hydrogen-bond donors (Lipinski definition) is 0. The topological polar surface area (TPSA) is 83.3 Å². The van der Waals surface area contributed by atoms with Crippen molar-refractivity contribution in [2.45, 2.75) is 34.3 Å². The maximum atomic E-state index is 12.5. The highest BCUT2D eigenvalue weighted by molar-refractivity contribution is 5.98. The number of ether oxygens (including phenoxy) is 2. The molecule has 156 valence electrons. The van der Waals surface area contributed by atoms with Crippen molar-refractivity contribution in [2.75, 3.05) is 6.61 Å². The van der Waals surface area contributed by atoms with Crippen LogP contribution >= 0.6 is 0 Å². The molecule has 0 unspecified atom stereocenters. The van der Waals surface area contributed by atoms with E-state index in [2.05, 4.69) is 10.1 Å². The van der Waals surface area contributed by atoms with E-state index in [-0.39, 0.29) is 13.2 Å². The van der Waals surface area contributed by atoms with Crippen LogP contribution in [0.2, 0.25) is 0 Å². The van der Waals surface area contributed by atoms with Crippen molar-refractivity contribution < 1.29 is 19.1 Å². The van der Waals surface area contributed by atoms with Crippen LogP contribution in [0.25, 0.3) is 17.0 Å². The summed E-state index contributed by atoms with van der Waals surface area (Å²) in [6.07, 6.45) is 3.04. The molecule has 0 aliphatic heterocycles. The summed E-state index contributed by atoms with van der Waals surface area (Å²) in [6.45, 7) is 7.51. The van der Waals surface area contributed by atoms with E-state index in [0.29, 0.717) is 11.3 Å². The first-order valence-corrected chi connectivity index (χ1v) is 9.73. The van der Waals surface area contributed by atoms with Crippen LogP contribution in [0.5, 0.6) is 0 Å². The Kier molecular flexibility index (Phi) is 6.30. The Bertz CT molecular complexity index is 1150. The second-order valence-electron chi connectivity index (χ2n) is 6.95. The van der Waals surface area contributed by atoms with E-state index in [0.717, 1.165) is 33.4 Å². The minimum Gasteiger partial charge on any atom is -0.462 e. The van der Waals surface area contributed by atoms with Crippen LogP contribution in [0, 0.1) is 20.8 Å². The minimum atomic E-state index is -0.528. The van der Waals surface area contributed by atoms with Gasteiger partial charge >= 0.3 is 11.9 Å². The van der Waals surface area contributed by atoms with Gasteiger partial charge in [0.05, 0.1) is 29.1 Å². The number of aryl methyl sites for hydroxylation is 3. The highest BCUT2D eigenvalue weighted by Gasteiger charge is 2.20. The number of esters is 2. The molecule has 0 aliphatic rings. The summed E-state index contributed by atoms with van der Waals surface area (Å²) in [5.74, 6) is -1.00. The molecule has 3 aromatic rings. The molecular formula is C23H25N3O4. The number of benzene rings is 1. The number of carbonyl (C=O) groups is 2. The van der Waals surface area contributed by atoms with Gasteiger partial charge in [-0.05, 0) is 45.4 Å². The number of aromatic nitrogens is 3. The average Bonchev–Trinajstić information content (AvgIpc) is 2.96. The lowest BCUT2D eigenvalue weighted by atomic mass is 10.0. The lowest BCUT2D eigenvalue weighted by molar-refractivity contribution is -0.139. The molecule has 0 aliphatic carbocycles. The fourth-order valence-electron chi connectivity index (χ4n) is 3.39. The Morgan fingerprint density at radius 2 is 1.87 bits per heavy atom. The van der Waals surface area contributed by atoms with Crippen molar-refractivity contribution in [2.24, 2.45) is 7.05 Å². The van der Waals surface area contributed by atoms with Gasteiger partial charge in [0.2, 0.25) is 0 Å². The first-order valence-electron chi connectivity index (χ1n) is 9.73. The highest BCUT2D eigenvalue weighted by atomic mass is 16.5. The third kappa shape index (κ3) is 4.25. The summed E-state index contributed by atoms with van der Waals surface area (Å²) in [4.78, 5) is 29.4. The zero-order valence-electron chi connectivity index (χ0n) is 17.9. The zero-order valence-corrected chi connectivity index (χ0v) is 17.9. The second kappa shape index (κ2) is 8.90. The maximum absolute atomic E-state index is 12.5. The van der Waals surface area contributed by atoms with Crippen molar-refractivity contribution in [1.29, 1.82) is 0 Å². The molecule has 0 bridgehead atoms. The first-order chi connectivity index (χ1) is 14.3. The Morgan fingerprint density at radius 3 is 2.53 bits per heavy atom. The van der Waals surface area contributed by atoms with Crippen LogP contribution in [-0.4, -0.2) is 33.3 Å². The van der Waals surface area contributed by atoms with E-state index in [9.17, 15) is 9.59 Å². The fourth-order valence-corrected chi connectivity index (χ4v) is 3.39. The highest BCUT2D eigenvalue weighted by Crippen LogP contribution is 2.24. The van der Waals surface area contributed by atoms with E-state index in [1.54, 1.807) is 17.7 Å². The largest absolute Gasteiger partial charge is 0.462 e. The summed E-state index contributed by atoms with van der Waals surface area (Å²) in [6, 6.07) is 7.52. The van der Waals surface area contributed by atoms with E-state index < -0.39 is 11.9 Å². The minimum absolute atomic E-state index is 0.131. The summed E-state index contributed by atoms with van der Waals surface area (Å²) >= 11 is 0. The number of pyridine rings is 1. The molecule has 0 saturated heterocycles. The van der Waals surface area contributed by atoms with Crippen molar-refractivity contribution >= 4 is 28.9 Å². The Labute approximate surface area is 175 Å². The first kappa shape index (κ1) is 21.2. The van der Waals surface area contributed by atoms with Crippen LogP contribution in [0.4, 0.5) is 0 Å². The molecular weight excluding hydrogens is 382 g/mol. The number of rotatable bonds is 6. The molecule has 1 aromatic carbocycles. The number of nitrogens with zero attached hydrogens (tertiary/aromatic N) is 3. The van der Waals surface area contributed by atoms with Crippen molar-refractivity contribution in [3.05, 3.63) is 64.1 Å². The number of para-hydroxylation sites is 1. The van der Waals surface area contributed by atoms with Crippen molar-refractivity contribution in [1.82, 2.24) is 14.8 Å². The Hall–Kier alpha value is -3.48. The lowest BCUT2D eigenvalue weighted by Crippen LogP contribution is -2.14. The normalized spacial score (nSPS) is 11.2. The molecule has 0 amide bonds. The van der Waals surface area contributed by atoms with Crippen LogP contribution in [-0.2, 0) is 27.9 Å². The molecule has 2 aromatic heterocycles.